The summed E-state index contributed by atoms with van der Waals surface area (Å²) in [6.07, 6.45) is 3.13. The van der Waals surface area contributed by atoms with Crippen molar-refractivity contribution in [2.75, 3.05) is 46.9 Å². The molecule has 0 aromatic carbocycles. The Morgan fingerprint density at radius 2 is 2.29 bits per heavy atom. The summed E-state index contributed by atoms with van der Waals surface area (Å²) in [6, 6.07) is 1.71. The average molecular weight is 290 g/mol. The number of hydrogen-bond donors (Lipinski definition) is 2. The maximum atomic E-state index is 12.0. The third-order valence-electron chi connectivity index (χ3n) is 2.79. The molecule has 0 spiro atoms. The first-order valence-electron chi connectivity index (χ1n) is 6.77. The van der Waals surface area contributed by atoms with E-state index in [0.717, 1.165) is 13.1 Å². The lowest BCUT2D eigenvalue weighted by molar-refractivity contribution is 0.0947. The number of methoxy groups -OCH3 is 1. The second-order valence-electron chi connectivity index (χ2n) is 4.52. The zero-order valence-electron chi connectivity index (χ0n) is 12.6. The minimum atomic E-state index is -0.154. The van der Waals surface area contributed by atoms with Crippen molar-refractivity contribution in [3.8, 4) is 11.8 Å². The molecule has 0 unspecified atom stereocenters. The molecule has 1 aromatic heterocycles. The van der Waals surface area contributed by atoms with Crippen LogP contribution in [0.5, 0.6) is 0 Å². The predicted octanol–water partition coefficient (Wildman–Crippen LogP) is -0.300. The van der Waals surface area contributed by atoms with Crippen molar-refractivity contribution in [2.45, 2.75) is 0 Å². The summed E-state index contributed by atoms with van der Waals surface area (Å²) in [5.41, 5.74) is 6.50. The highest BCUT2D eigenvalue weighted by atomic mass is 16.5. The van der Waals surface area contributed by atoms with E-state index in [4.69, 9.17) is 10.5 Å². The summed E-state index contributed by atoms with van der Waals surface area (Å²) in [5, 5.41) is 2.86. The SMILES string of the molecule is COCCN(C)CCNC(=O)c1cncc(C#CCN)c1. The van der Waals surface area contributed by atoms with Gasteiger partial charge in [-0.15, -0.1) is 0 Å². The van der Waals surface area contributed by atoms with Gasteiger partial charge in [0.15, 0.2) is 0 Å². The molecule has 6 heteroatoms. The standard InChI is InChI=1S/C15H22N4O2/c1-19(8-9-21-2)7-6-18-15(20)14-10-13(4-3-5-16)11-17-12-14/h10-12H,5-9,16H2,1-2H3,(H,18,20). The molecule has 0 aliphatic rings. The first-order valence-corrected chi connectivity index (χ1v) is 6.77. The van der Waals surface area contributed by atoms with E-state index >= 15 is 0 Å². The first-order chi connectivity index (χ1) is 10.2. The van der Waals surface area contributed by atoms with E-state index < -0.39 is 0 Å². The highest BCUT2D eigenvalue weighted by Gasteiger charge is 2.06. The third-order valence-corrected chi connectivity index (χ3v) is 2.79. The molecule has 114 valence electrons. The lowest BCUT2D eigenvalue weighted by Gasteiger charge is -2.16. The molecule has 0 bridgehead atoms. The highest BCUT2D eigenvalue weighted by molar-refractivity contribution is 5.94. The summed E-state index contributed by atoms with van der Waals surface area (Å²) >= 11 is 0. The van der Waals surface area contributed by atoms with Gasteiger partial charge in [-0.1, -0.05) is 11.8 Å². The number of rotatable bonds is 7. The fraction of sp³-hybridized carbons (Fsp3) is 0.467. The molecule has 1 rings (SSSR count). The Morgan fingerprint density at radius 1 is 1.48 bits per heavy atom. The summed E-state index contributed by atoms with van der Waals surface area (Å²) in [6.45, 7) is 3.12. The summed E-state index contributed by atoms with van der Waals surface area (Å²) in [5.74, 6) is 5.44. The van der Waals surface area contributed by atoms with Crippen molar-refractivity contribution >= 4 is 5.91 Å². The number of likely N-dealkylation sites (N-methyl/N-ethyl adjacent to an activating group) is 1. The Bertz CT molecular complexity index is 508. The van der Waals surface area contributed by atoms with E-state index in [1.165, 1.54) is 6.20 Å². The van der Waals surface area contributed by atoms with Gasteiger partial charge in [-0.25, -0.2) is 0 Å². The van der Waals surface area contributed by atoms with Crippen molar-refractivity contribution in [3.05, 3.63) is 29.6 Å². The second-order valence-corrected chi connectivity index (χ2v) is 4.52. The number of aromatic nitrogens is 1. The minimum absolute atomic E-state index is 0.154. The van der Waals surface area contributed by atoms with Gasteiger partial charge < -0.3 is 20.7 Å². The molecule has 0 aliphatic heterocycles. The van der Waals surface area contributed by atoms with Gasteiger partial charge in [0.2, 0.25) is 0 Å². The molecule has 1 amide bonds. The molecule has 3 N–H and O–H groups in total. The minimum Gasteiger partial charge on any atom is -0.383 e. The number of pyridine rings is 1. The van der Waals surface area contributed by atoms with E-state index in [0.29, 0.717) is 24.3 Å². The summed E-state index contributed by atoms with van der Waals surface area (Å²) in [7, 11) is 3.65. The van der Waals surface area contributed by atoms with Crippen LogP contribution in [-0.2, 0) is 4.74 Å². The monoisotopic (exact) mass is 290 g/mol. The topological polar surface area (TPSA) is 80.5 Å². The van der Waals surface area contributed by atoms with Crippen LogP contribution >= 0.6 is 0 Å². The molecule has 0 radical (unpaired) electrons. The average Bonchev–Trinajstić information content (AvgIpc) is 2.51. The van der Waals surface area contributed by atoms with Crippen molar-refractivity contribution < 1.29 is 9.53 Å². The van der Waals surface area contributed by atoms with Gasteiger partial charge in [0, 0.05) is 44.7 Å². The van der Waals surface area contributed by atoms with Gasteiger partial charge in [-0.05, 0) is 13.1 Å². The van der Waals surface area contributed by atoms with Crippen LogP contribution in [0, 0.1) is 11.8 Å². The van der Waals surface area contributed by atoms with Crippen LogP contribution in [0.1, 0.15) is 15.9 Å². The molecule has 0 atom stereocenters. The van der Waals surface area contributed by atoms with Gasteiger partial charge >= 0.3 is 0 Å². The highest BCUT2D eigenvalue weighted by Crippen LogP contribution is 2.01. The molecule has 0 fully saturated rings. The van der Waals surface area contributed by atoms with E-state index in [9.17, 15) is 4.79 Å². The number of nitrogens with zero attached hydrogens (tertiary/aromatic N) is 2. The maximum Gasteiger partial charge on any atom is 0.252 e. The van der Waals surface area contributed by atoms with Crippen molar-refractivity contribution in [1.29, 1.82) is 0 Å². The lowest BCUT2D eigenvalue weighted by atomic mass is 10.2. The first kappa shape index (κ1) is 17.1. The lowest BCUT2D eigenvalue weighted by Crippen LogP contribution is -2.34. The molecule has 1 aromatic rings. The molecule has 0 aliphatic carbocycles. The second kappa shape index (κ2) is 9.88. The van der Waals surface area contributed by atoms with E-state index in [1.54, 1.807) is 19.4 Å². The Hall–Kier alpha value is -1.94. The fourth-order valence-corrected chi connectivity index (χ4v) is 1.61. The Morgan fingerprint density at radius 3 is 3.00 bits per heavy atom. The molecule has 21 heavy (non-hydrogen) atoms. The Balaban J connectivity index is 2.45. The van der Waals surface area contributed by atoms with Crippen LogP contribution < -0.4 is 11.1 Å². The molecular weight excluding hydrogens is 268 g/mol. The largest absolute Gasteiger partial charge is 0.383 e. The van der Waals surface area contributed by atoms with Crippen molar-refractivity contribution in [2.24, 2.45) is 5.73 Å². The summed E-state index contributed by atoms with van der Waals surface area (Å²) in [4.78, 5) is 18.1. The predicted molar refractivity (Wildman–Crippen MR) is 81.9 cm³/mol. The number of carbonyl (C=O) groups excluding carboxylic acids is 1. The molecule has 0 saturated carbocycles. The number of carbonyl (C=O) groups is 1. The van der Waals surface area contributed by atoms with Gasteiger partial charge in [0.1, 0.15) is 0 Å². The van der Waals surface area contributed by atoms with E-state index in [1.807, 2.05) is 7.05 Å². The van der Waals surface area contributed by atoms with Crippen molar-refractivity contribution in [1.82, 2.24) is 15.2 Å². The van der Waals surface area contributed by atoms with Crippen LogP contribution in [0.15, 0.2) is 18.5 Å². The zero-order chi connectivity index (χ0) is 15.5. The van der Waals surface area contributed by atoms with Crippen molar-refractivity contribution in [3.63, 3.8) is 0 Å². The zero-order valence-corrected chi connectivity index (χ0v) is 12.6. The summed E-state index contributed by atoms with van der Waals surface area (Å²) < 4.78 is 5.00. The van der Waals surface area contributed by atoms with Gasteiger partial charge in [-0.2, -0.15) is 0 Å². The van der Waals surface area contributed by atoms with E-state index in [2.05, 4.69) is 27.0 Å². The fourth-order valence-electron chi connectivity index (χ4n) is 1.61. The smallest absolute Gasteiger partial charge is 0.252 e. The number of nitrogens with one attached hydrogen (secondary N) is 1. The Labute approximate surface area is 125 Å². The number of hydrogen-bond acceptors (Lipinski definition) is 5. The van der Waals surface area contributed by atoms with Gasteiger partial charge in [-0.3, -0.25) is 9.78 Å². The van der Waals surface area contributed by atoms with E-state index in [-0.39, 0.29) is 12.5 Å². The Kier molecular flexibility index (Phi) is 8.05. The molecule has 6 nitrogen and oxygen atoms in total. The van der Waals surface area contributed by atoms with Crippen LogP contribution in [0.25, 0.3) is 0 Å². The van der Waals surface area contributed by atoms with Crippen LogP contribution in [0.2, 0.25) is 0 Å². The molecular formula is C15H22N4O2. The van der Waals surface area contributed by atoms with Gasteiger partial charge in [0.05, 0.1) is 18.7 Å². The maximum absolute atomic E-state index is 12.0. The molecule has 0 saturated heterocycles. The van der Waals surface area contributed by atoms with Crippen LogP contribution in [0.3, 0.4) is 0 Å². The number of ether oxygens (including phenoxy) is 1. The normalized spacial score (nSPS) is 10.1. The van der Waals surface area contributed by atoms with Crippen LogP contribution in [-0.4, -0.2) is 62.7 Å². The molecule has 1 heterocycles. The third kappa shape index (κ3) is 6.86. The number of nitrogens with two attached hydrogens (primary N) is 1. The van der Waals surface area contributed by atoms with Gasteiger partial charge in [0.25, 0.3) is 5.91 Å². The quantitative estimate of drug-likeness (QED) is 0.674. The van der Waals surface area contributed by atoms with Crippen LogP contribution in [0.4, 0.5) is 0 Å². The number of amides is 1.